The van der Waals surface area contributed by atoms with Gasteiger partial charge in [0.05, 0.1) is 0 Å². The Morgan fingerprint density at radius 1 is 0.821 bits per heavy atom. The predicted octanol–water partition coefficient (Wildman–Crippen LogP) is 7.72. The Morgan fingerprint density at radius 3 is 2.25 bits per heavy atom. The van der Waals surface area contributed by atoms with Crippen LogP contribution in [0.3, 0.4) is 0 Å². The topological polar surface area (TPSA) is 0 Å². The van der Waals surface area contributed by atoms with E-state index in [2.05, 4.69) is 61.8 Å². The molecule has 1 aromatic rings. The van der Waals surface area contributed by atoms with E-state index in [0.717, 1.165) is 17.9 Å². The summed E-state index contributed by atoms with van der Waals surface area (Å²) in [6.45, 7) is 4.50. The van der Waals surface area contributed by atoms with Crippen molar-refractivity contribution >= 4 is 0 Å². The maximum Gasteiger partial charge on any atom is 0.0249 e. The standard InChI is InChI=1S/C28H38/c1-3-5-6-7-10-14-27-21-23-28(24-22-27)16-12-9-8-11-15-26-19-17-25(13-4-2)18-20-26/h8-9,17-20,27-28H,3-7,10,13-14,21-24H2,1-2H3/b9-8+. The minimum absolute atomic E-state index is 0.597. The Labute approximate surface area is 174 Å². The van der Waals surface area contributed by atoms with Gasteiger partial charge in [-0.15, -0.1) is 0 Å². The molecule has 1 aromatic carbocycles. The normalized spacial score (nSPS) is 18.9. The van der Waals surface area contributed by atoms with Gasteiger partial charge in [-0.25, -0.2) is 0 Å². The van der Waals surface area contributed by atoms with Gasteiger partial charge in [0.2, 0.25) is 0 Å². The summed E-state index contributed by atoms with van der Waals surface area (Å²) >= 11 is 0. The molecule has 150 valence electrons. The maximum atomic E-state index is 3.44. The summed E-state index contributed by atoms with van der Waals surface area (Å²) in [5.41, 5.74) is 2.46. The molecular formula is C28H38. The van der Waals surface area contributed by atoms with Gasteiger partial charge >= 0.3 is 0 Å². The van der Waals surface area contributed by atoms with Crippen LogP contribution in [0.4, 0.5) is 0 Å². The molecule has 0 unspecified atom stereocenters. The van der Waals surface area contributed by atoms with Crippen LogP contribution in [0.15, 0.2) is 36.4 Å². The van der Waals surface area contributed by atoms with E-state index in [-0.39, 0.29) is 0 Å². The first-order valence-electron chi connectivity index (χ1n) is 11.6. The highest BCUT2D eigenvalue weighted by Crippen LogP contribution is 2.31. The number of rotatable bonds is 8. The molecule has 0 spiro atoms. The molecule has 28 heavy (non-hydrogen) atoms. The van der Waals surface area contributed by atoms with Crippen LogP contribution in [0.5, 0.6) is 0 Å². The van der Waals surface area contributed by atoms with Crippen molar-refractivity contribution in [3.05, 3.63) is 47.5 Å². The summed E-state index contributed by atoms with van der Waals surface area (Å²) < 4.78 is 0. The van der Waals surface area contributed by atoms with Gasteiger partial charge in [-0.05, 0) is 67.9 Å². The van der Waals surface area contributed by atoms with Crippen LogP contribution < -0.4 is 0 Å². The van der Waals surface area contributed by atoms with Crippen molar-refractivity contribution in [2.24, 2.45) is 11.8 Å². The molecule has 0 aliphatic heterocycles. The monoisotopic (exact) mass is 374 g/mol. The first-order chi connectivity index (χ1) is 13.8. The zero-order valence-corrected chi connectivity index (χ0v) is 18.1. The average Bonchev–Trinajstić information content (AvgIpc) is 2.73. The van der Waals surface area contributed by atoms with E-state index in [1.807, 2.05) is 12.2 Å². The second-order valence-corrected chi connectivity index (χ2v) is 8.26. The van der Waals surface area contributed by atoms with Gasteiger partial charge < -0.3 is 0 Å². The molecule has 0 bridgehead atoms. The molecule has 1 aliphatic rings. The number of hydrogen-bond acceptors (Lipinski definition) is 0. The van der Waals surface area contributed by atoms with Crippen molar-refractivity contribution in [3.63, 3.8) is 0 Å². The Balaban J connectivity index is 1.64. The van der Waals surface area contributed by atoms with E-state index in [9.17, 15) is 0 Å². The molecule has 0 radical (unpaired) electrons. The lowest BCUT2D eigenvalue weighted by atomic mass is 9.80. The minimum atomic E-state index is 0.597. The van der Waals surface area contributed by atoms with E-state index in [1.54, 1.807) is 0 Å². The van der Waals surface area contributed by atoms with Crippen molar-refractivity contribution in [1.29, 1.82) is 0 Å². The first kappa shape index (κ1) is 22.4. The third kappa shape index (κ3) is 9.33. The van der Waals surface area contributed by atoms with Crippen LogP contribution in [0, 0.1) is 35.5 Å². The molecule has 0 amide bonds. The number of aryl methyl sites for hydroxylation is 1. The zero-order valence-electron chi connectivity index (χ0n) is 18.1. The molecule has 1 aliphatic carbocycles. The van der Waals surface area contributed by atoms with Gasteiger partial charge in [0, 0.05) is 11.5 Å². The van der Waals surface area contributed by atoms with Crippen LogP contribution >= 0.6 is 0 Å². The SMILES string of the molecule is CCCCCCCC1CCC(C#C/C=C/C#Cc2ccc(CCC)cc2)CC1. The third-order valence-electron chi connectivity index (χ3n) is 5.81. The van der Waals surface area contributed by atoms with Gasteiger partial charge in [-0.1, -0.05) is 94.6 Å². The lowest BCUT2D eigenvalue weighted by Crippen LogP contribution is -2.13. The summed E-state index contributed by atoms with van der Waals surface area (Å²) in [6, 6.07) is 8.58. The predicted molar refractivity (Wildman–Crippen MR) is 123 cm³/mol. The maximum absolute atomic E-state index is 3.44. The van der Waals surface area contributed by atoms with Crippen LogP contribution in [0.25, 0.3) is 0 Å². The van der Waals surface area contributed by atoms with E-state index < -0.39 is 0 Å². The van der Waals surface area contributed by atoms with Crippen molar-refractivity contribution in [2.45, 2.75) is 90.9 Å². The summed E-state index contributed by atoms with van der Waals surface area (Å²) in [5.74, 6) is 14.5. The summed E-state index contributed by atoms with van der Waals surface area (Å²) in [6.07, 6.45) is 20.0. The highest BCUT2D eigenvalue weighted by Gasteiger charge is 2.19. The molecule has 1 saturated carbocycles. The Hall–Kier alpha value is -1.92. The van der Waals surface area contributed by atoms with Gasteiger partial charge in [-0.2, -0.15) is 0 Å². The molecule has 0 nitrogen and oxygen atoms in total. The number of allylic oxidation sites excluding steroid dienone is 2. The summed E-state index contributed by atoms with van der Waals surface area (Å²) in [7, 11) is 0. The Bertz CT molecular complexity index is 676. The largest absolute Gasteiger partial charge is 0.0951 e. The second-order valence-electron chi connectivity index (χ2n) is 8.26. The fourth-order valence-corrected chi connectivity index (χ4v) is 4.05. The molecule has 0 atom stereocenters. The minimum Gasteiger partial charge on any atom is -0.0951 e. The van der Waals surface area contributed by atoms with Crippen molar-refractivity contribution < 1.29 is 0 Å². The van der Waals surface area contributed by atoms with E-state index in [4.69, 9.17) is 0 Å². The zero-order chi connectivity index (χ0) is 19.9. The Kier molecular flexibility index (Phi) is 11.3. The van der Waals surface area contributed by atoms with E-state index in [0.29, 0.717) is 5.92 Å². The van der Waals surface area contributed by atoms with Crippen molar-refractivity contribution in [1.82, 2.24) is 0 Å². The highest BCUT2D eigenvalue weighted by atomic mass is 14.2. The fourth-order valence-electron chi connectivity index (χ4n) is 4.05. The quantitative estimate of drug-likeness (QED) is 0.323. The van der Waals surface area contributed by atoms with Gasteiger partial charge in [0.25, 0.3) is 0 Å². The Morgan fingerprint density at radius 2 is 1.54 bits per heavy atom. The van der Waals surface area contributed by atoms with E-state index in [1.165, 1.54) is 76.2 Å². The average molecular weight is 375 g/mol. The van der Waals surface area contributed by atoms with Crippen LogP contribution in [0.1, 0.15) is 95.6 Å². The van der Waals surface area contributed by atoms with E-state index >= 15 is 0 Å². The van der Waals surface area contributed by atoms with Crippen LogP contribution in [0.2, 0.25) is 0 Å². The number of benzene rings is 1. The molecule has 0 aromatic heterocycles. The fraction of sp³-hybridized carbons (Fsp3) is 0.571. The first-order valence-corrected chi connectivity index (χ1v) is 11.6. The summed E-state index contributed by atoms with van der Waals surface area (Å²) in [4.78, 5) is 0. The molecular weight excluding hydrogens is 336 g/mol. The van der Waals surface area contributed by atoms with Gasteiger partial charge in [0.15, 0.2) is 0 Å². The molecule has 0 heteroatoms. The van der Waals surface area contributed by atoms with Gasteiger partial charge in [-0.3, -0.25) is 0 Å². The smallest absolute Gasteiger partial charge is 0.0249 e. The molecule has 0 saturated heterocycles. The van der Waals surface area contributed by atoms with Gasteiger partial charge in [0.1, 0.15) is 0 Å². The number of hydrogen-bond donors (Lipinski definition) is 0. The van der Waals surface area contributed by atoms with Crippen molar-refractivity contribution in [2.75, 3.05) is 0 Å². The van der Waals surface area contributed by atoms with Crippen LogP contribution in [-0.4, -0.2) is 0 Å². The van der Waals surface area contributed by atoms with Crippen LogP contribution in [-0.2, 0) is 6.42 Å². The second kappa shape index (κ2) is 14.1. The third-order valence-corrected chi connectivity index (χ3v) is 5.81. The number of unbranched alkanes of at least 4 members (excludes halogenated alkanes) is 4. The molecule has 0 N–H and O–H groups in total. The highest BCUT2D eigenvalue weighted by molar-refractivity contribution is 5.39. The lowest BCUT2D eigenvalue weighted by molar-refractivity contribution is 0.294. The lowest BCUT2D eigenvalue weighted by Gasteiger charge is -2.25. The molecule has 1 fully saturated rings. The summed E-state index contributed by atoms with van der Waals surface area (Å²) in [5, 5.41) is 0. The van der Waals surface area contributed by atoms with Crippen molar-refractivity contribution in [3.8, 4) is 23.7 Å². The molecule has 2 rings (SSSR count). The molecule has 0 heterocycles.